The van der Waals surface area contributed by atoms with Crippen LogP contribution >= 0.6 is 24.0 Å². The third-order valence-electron chi connectivity index (χ3n) is 4.67. The molecule has 1 aliphatic rings. The van der Waals surface area contributed by atoms with E-state index in [0.29, 0.717) is 6.54 Å². The van der Waals surface area contributed by atoms with Crippen LogP contribution in [0.4, 0.5) is 5.69 Å². The van der Waals surface area contributed by atoms with E-state index in [1.54, 1.807) is 7.11 Å². The molecule has 138 valence electrons. The van der Waals surface area contributed by atoms with Crippen LogP contribution in [0.3, 0.4) is 0 Å². The quantitative estimate of drug-likeness (QED) is 0.599. The highest BCUT2D eigenvalue weighted by atomic mass is 35.5. The first-order valence-corrected chi connectivity index (χ1v) is 8.55. The Kier molecular flexibility index (Phi) is 6.32. The van der Waals surface area contributed by atoms with E-state index in [9.17, 15) is 0 Å². The molecule has 4 nitrogen and oxygen atoms in total. The van der Waals surface area contributed by atoms with E-state index in [1.807, 2.05) is 49.6 Å². The van der Waals surface area contributed by atoms with Crippen LogP contribution in [0.1, 0.15) is 25.0 Å². The van der Waals surface area contributed by atoms with Gasteiger partial charge in [-0.1, -0.05) is 37.6 Å². The Morgan fingerprint density at radius 3 is 2.50 bits per heavy atom. The molecule has 0 aliphatic carbocycles. The number of azo groups is 1. The zero-order valence-corrected chi connectivity index (χ0v) is 16.9. The largest absolute Gasteiger partial charge is 0.497 e. The van der Waals surface area contributed by atoms with Gasteiger partial charge in [0.15, 0.2) is 0 Å². The Hall–Kier alpha value is -2.04. The van der Waals surface area contributed by atoms with Crippen LogP contribution in [0.2, 0.25) is 5.02 Å². The van der Waals surface area contributed by atoms with Gasteiger partial charge >= 0.3 is 0 Å². The average Bonchev–Trinajstić information content (AvgIpc) is 2.79. The molecule has 1 aliphatic heterocycles. The van der Waals surface area contributed by atoms with Crippen LogP contribution in [-0.2, 0) is 12.0 Å². The van der Waals surface area contributed by atoms with Crippen molar-refractivity contribution in [2.45, 2.75) is 25.8 Å². The molecular weight excluding hydrogens is 369 g/mol. The molecule has 26 heavy (non-hydrogen) atoms. The van der Waals surface area contributed by atoms with E-state index in [-0.39, 0.29) is 17.8 Å². The van der Waals surface area contributed by atoms with Gasteiger partial charge in [0, 0.05) is 28.9 Å². The van der Waals surface area contributed by atoms with E-state index in [0.717, 1.165) is 27.7 Å². The van der Waals surface area contributed by atoms with Crippen LogP contribution in [0, 0.1) is 0 Å². The minimum absolute atomic E-state index is 0. The van der Waals surface area contributed by atoms with Crippen molar-refractivity contribution in [3.05, 3.63) is 70.5 Å². The van der Waals surface area contributed by atoms with Gasteiger partial charge in [-0.3, -0.25) is 0 Å². The summed E-state index contributed by atoms with van der Waals surface area (Å²) in [6.45, 7) is 4.89. The summed E-state index contributed by atoms with van der Waals surface area (Å²) in [4.78, 5) is 2.15. The van der Waals surface area contributed by atoms with Gasteiger partial charge in [0.1, 0.15) is 5.75 Å². The summed E-state index contributed by atoms with van der Waals surface area (Å²) in [5.74, 6) is 0.841. The van der Waals surface area contributed by atoms with Crippen molar-refractivity contribution in [1.29, 1.82) is 0 Å². The topological polar surface area (TPSA) is 37.2 Å². The van der Waals surface area contributed by atoms with Crippen LogP contribution in [0.25, 0.3) is 0 Å². The second-order valence-electron chi connectivity index (χ2n) is 6.62. The molecule has 0 bridgehead atoms. The summed E-state index contributed by atoms with van der Waals surface area (Å²) in [6, 6.07) is 13.8. The molecule has 6 heteroatoms. The molecule has 2 aromatic carbocycles. The molecule has 0 fully saturated rings. The van der Waals surface area contributed by atoms with Crippen LogP contribution < -0.4 is 9.64 Å². The second-order valence-corrected chi connectivity index (χ2v) is 7.06. The molecule has 3 rings (SSSR count). The fourth-order valence-corrected chi connectivity index (χ4v) is 3.36. The lowest BCUT2D eigenvalue weighted by Gasteiger charge is -2.22. The Morgan fingerprint density at radius 2 is 1.85 bits per heavy atom. The van der Waals surface area contributed by atoms with Crippen LogP contribution in [-0.4, -0.2) is 14.2 Å². The third-order valence-corrected chi connectivity index (χ3v) is 4.90. The van der Waals surface area contributed by atoms with Crippen molar-refractivity contribution in [2.75, 3.05) is 19.1 Å². The lowest BCUT2D eigenvalue weighted by atomic mass is 9.84. The van der Waals surface area contributed by atoms with Gasteiger partial charge in [0.2, 0.25) is 0 Å². The highest BCUT2D eigenvalue weighted by Gasteiger charge is 2.38. The molecular formula is C20H23Cl2N3O. The minimum atomic E-state index is -0.159. The molecule has 0 amide bonds. The number of rotatable bonds is 4. The van der Waals surface area contributed by atoms with Gasteiger partial charge in [0.25, 0.3) is 0 Å². The first-order valence-electron chi connectivity index (χ1n) is 8.17. The number of methoxy groups -OCH3 is 1. The van der Waals surface area contributed by atoms with Gasteiger partial charge in [-0.15, -0.1) is 12.4 Å². The van der Waals surface area contributed by atoms with Crippen molar-refractivity contribution < 1.29 is 4.74 Å². The zero-order valence-electron chi connectivity index (χ0n) is 15.4. The number of benzene rings is 2. The van der Waals surface area contributed by atoms with Crippen molar-refractivity contribution >= 4 is 29.7 Å². The van der Waals surface area contributed by atoms with E-state index in [4.69, 9.17) is 16.3 Å². The standard InChI is InChI=1S/C20H22ClN3O.ClH/c1-20(2)17-11-15(21)7-10-18(17)24(3)19(20)13-23-22-12-14-5-8-16(25-4)9-6-14;/h5-11,13H,12H2,1-4H3;1H. The molecule has 1 heterocycles. The number of allylic oxidation sites excluding steroid dienone is 1. The Morgan fingerprint density at radius 1 is 1.15 bits per heavy atom. The lowest BCUT2D eigenvalue weighted by Crippen LogP contribution is -2.22. The van der Waals surface area contributed by atoms with Crippen molar-refractivity contribution in [1.82, 2.24) is 0 Å². The molecule has 0 N–H and O–H groups in total. The molecule has 0 saturated heterocycles. The summed E-state index contributed by atoms with van der Waals surface area (Å²) in [5, 5.41) is 9.35. The number of hydrogen-bond donors (Lipinski definition) is 0. The maximum absolute atomic E-state index is 6.17. The van der Waals surface area contributed by atoms with E-state index in [2.05, 4.69) is 35.0 Å². The van der Waals surface area contributed by atoms with Crippen LogP contribution in [0.5, 0.6) is 5.75 Å². The SMILES string of the molecule is COc1ccc(CN=NC=C2N(C)c3ccc(Cl)cc3C2(C)C)cc1.Cl. The van der Waals surface area contributed by atoms with Crippen LogP contribution in [0.15, 0.2) is 64.6 Å². The normalized spacial score (nSPS) is 16.7. The molecule has 0 spiro atoms. The summed E-state index contributed by atoms with van der Waals surface area (Å²) in [5.41, 5.74) is 4.40. The Bertz CT molecular complexity index is 829. The summed E-state index contributed by atoms with van der Waals surface area (Å²) in [7, 11) is 3.71. The fourth-order valence-electron chi connectivity index (χ4n) is 3.19. The van der Waals surface area contributed by atoms with E-state index in [1.165, 1.54) is 5.56 Å². The summed E-state index contributed by atoms with van der Waals surface area (Å²) in [6.07, 6.45) is 1.84. The smallest absolute Gasteiger partial charge is 0.118 e. The highest BCUT2D eigenvalue weighted by Crippen LogP contribution is 2.47. The van der Waals surface area contributed by atoms with Gasteiger partial charge in [0.05, 0.1) is 19.9 Å². The molecule has 0 unspecified atom stereocenters. The molecule has 0 saturated carbocycles. The maximum atomic E-state index is 6.17. The van der Waals surface area contributed by atoms with Gasteiger partial charge < -0.3 is 9.64 Å². The molecule has 0 aromatic heterocycles. The Labute approximate surface area is 165 Å². The first kappa shape index (κ1) is 20.3. The predicted octanol–water partition coefficient (Wildman–Crippen LogP) is 5.99. The maximum Gasteiger partial charge on any atom is 0.118 e. The average molecular weight is 392 g/mol. The second kappa shape index (κ2) is 8.11. The first-order chi connectivity index (χ1) is 11.9. The predicted molar refractivity (Wildman–Crippen MR) is 110 cm³/mol. The number of likely N-dealkylation sites (N-methyl/N-ethyl adjacent to an activating group) is 1. The van der Waals surface area contributed by atoms with Gasteiger partial charge in [-0.2, -0.15) is 10.2 Å². The van der Waals surface area contributed by atoms with E-state index >= 15 is 0 Å². The number of halogens is 2. The number of hydrogen-bond acceptors (Lipinski definition) is 4. The molecule has 0 radical (unpaired) electrons. The van der Waals surface area contributed by atoms with Gasteiger partial charge in [-0.05, 0) is 41.5 Å². The third kappa shape index (κ3) is 3.87. The van der Waals surface area contributed by atoms with Gasteiger partial charge in [-0.25, -0.2) is 0 Å². The van der Waals surface area contributed by atoms with Crippen molar-refractivity contribution in [3.63, 3.8) is 0 Å². The van der Waals surface area contributed by atoms with Crippen molar-refractivity contribution in [3.8, 4) is 5.75 Å². The molecule has 2 aromatic rings. The monoisotopic (exact) mass is 391 g/mol. The summed E-state index contributed by atoms with van der Waals surface area (Å²) < 4.78 is 5.16. The number of ether oxygens (including phenoxy) is 1. The molecule has 0 atom stereocenters. The zero-order chi connectivity index (χ0) is 18.0. The lowest BCUT2D eigenvalue weighted by molar-refractivity contribution is 0.414. The summed E-state index contributed by atoms with van der Waals surface area (Å²) >= 11 is 6.17. The minimum Gasteiger partial charge on any atom is -0.497 e. The Balaban J connectivity index is 0.00000243. The number of fused-ring (bicyclic) bond motifs is 1. The van der Waals surface area contributed by atoms with Crippen molar-refractivity contribution in [2.24, 2.45) is 10.2 Å². The van der Waals surface area contributed by atoms with E-state index < -0.39 is 0 Å². The number of anilines is 1. The highest BCUT2D eigenvalue weighted by molar-refractivity contribution is 6.30. The number of nitrogens with zero attached hydrogens (tertiary/aromatic N) is 3. The fraction of sp³-hybridized carbons (Fsp3) is 0.300.